The number of nitrogens with one attached hydrogen (secondary N) is 1. The minimum Gasteiger partial charge on any atom is -0.342 e. The fraction of sp³-hybridized carbons (Fsp3) is 0.917. The van der Waals surface area contributed by atoms with E-state index in [2.05, 4.69) is 10.2 Å². The van der Waals surface area contributed by atoms with Gasteiger partial charge >= 0.3 is 0 Å². The summed E-state index contributed by atoms with van der Waals surface area (Å²) in [5.41, 5.74) is 0. The number of carbonyl (C=O) groups is 1. The van der Waals surface area contributed by atoms with Crippen LogP contribution in [0, 0.1) is 11.8 Å². The van der Waals surface area contributed by atoms with Crippen LogP contribution in [0.15, 0.2) is 0 Å². The maximum Gasteiger partial charge on any atom is 0.222 e. The largest absolute Gasteiger partial charge is 0.342 e. The third-order valence-electron chi connectivity index (χ3n) is 3.82. The predicted octanol–water partition coefficient (Wildman–Crippen LogP) is 1.24. The van der Waals surface area contributed by atoms with Crippen molar-refractivity contribution in [2.75, 3.05) is 26.7 Å². The highest BCUT2D eigenvalue weighted by molar-refractivity contribution is 5.76. The number of hydrogen-bond acceptors (Lipinski definition) is 2. The lowest BCUT2D eigenvalue weighted by atomic mass is 9.83. The molecule has 0 aromatic carbocycles. The van der Waals surface area contributed by atoms with Crippen molar-refractivity contribution in [1.82, 2.24) is 10.2 Å². The van der Waals surface area contributed by atoms with Crippen molar-refractivity contribution in [1.29, 1.82) is 0 Å². The highest BCUT2D eigenvalue weighted by Crippen LogP contribution is 2.30. The molecule has 3 nitrogen and oxygen atoms in total. The van der Waals surface area contributed by atoms with Crippen LogP contribution >= 0.6 is 0 Å². The summed E-state index contributed by atoms with van der Waals surface area (Å²) in [5.74, 6) is 1.79. The van der Waals surface area contributed by atoms with E-state index >= 15 is 0 Å². The lowest BCUT2D eigenvalue weighted by Gasteiger charge is -2.27. The van der Waals surface area contributed by atoms with E-state index in [1.54, 1.807) is 0 Å². The van der Waals surface area contributed by atoms with Crippen LogP contribution in [0.5, 0.6) is 0 Å². The van der Waals surface area contributed by atoms with Crippen LogP contribution < -0.4 is 5.32 Å². The summed E-state index contributed by atoms with van der Waals surface area (Å²) in [6.45, 7) is 3.01. The first-order valence-corrected chi connectivity index (χ1v) is 6.22. The van der Waals surface area contributed by atoms with Crippen molar-refractivity contribution < 1.29 is 4.79 Å². The standard InChI is InChI=1S/C12H22N2O/c1-13-8-11-5-6-14(9-11)12(15)7-10-3-2-4-10/h10-11,13H,2-9H2,1H3. The van der Waals surface area contributed by atoms with Crippen LogP contribution in [0.4, 0.5) is 0 Å². The Bertz CT molecular complexity index is 226. The molecule has 0 bridgehead atoms. The molecule has 0 aromatic heterocycles. The number of hydrogen-bond donors (Lipinski definition) is 1. The van der Waals surface area contributed by atoms with Crippen LogP contribution in [-0.4, -0.2) is 37.5 Å². The van der Waals surface area contributed by atoms with Gasteiger partial charge in [-0.05, 0) is 44.7 Å². The van der Waals surface area contributed by atoms with Gasteiger partial charge in [0.05, 0.1) is 0 Å². The third-order valence-corrected chi connectivity index (χ3v) is 3.82. The van der Waals surface area contributed by atoms with E-state index in [4.69, 9.17) is 0 Å². The molecule has 1 amide bonds. The monoisotopic (exact) mass is 210 g/mol. The van der Waals surface area contributed by atoms with Gasteiger partial charge in [-0.3, -0.25) is 4.79 Å². The highest BCUT2D eigenvalue weighted by atomic mass is 16.2. The molecule has 1 unspecified atom stereocenters. The van der Waals surface area contributed by atoms with Crippen LogP contribution in [0.2, 0.25) is 0 Å². The summed E-state index contributed by atoms with van der Waals surface area (Å²) < 4.78 is 0. The molecule has 1 saturated carbocycles. The Morgan fingerprint density at radius 3 is 2.73 bits per heavy atom. The summed E-state index contributed by atoms with van der Waals surface area (Å²) in [6, 6.07) is 0. The second-order valence-electron chi connectivity index (χ2n) is 5.05. The topological polar surface area (TPSA) is 32.3 Å². The average molecular weight is 210 g/mol. The van der Waals surface area contributed by atoms with E-state index in [1.165, 1.54) is 25.7 Å². The molecule has 2 fully saturated rings. The molecule has 1 atom stereocenters. The van der Waals surface area contributed by atoms with Crippen molar-refractivity contribution in [2.24, 2.45) is 11.8 Å². The number of rotatable bonds is 4. The van der Waals surface area contributed by atoms with E-state index in [9.17, 15) is 4.79 Å². The molecule has 0 spiro atoms. The molecule has 0 radical (unpaired) electrons. The Morgan fingerprint density at radius 1 is 1.33 bits per heavy atom. The minimum absolute atomic E-state index is 0.401. The first-order valence-electron chi connectivity index (χ1n) is 6.22. The molecule has 1 heterocycles. The zero-order valence-corrected chi connectivity index (χ0v) is 9.67. The Kier molecular flexibility index (Phi) is 3.62. The molecule has 1 aliphatic carbocycles. The molecule has 2 rings (SSSR count). The van der Waals surface area contributed by atoms with E-state index in [0.29, 0.717) is 17.7 Å². The van der Waals surface area contributed by atoms with E-state index in [0.717, 1.165) is 26.1 Å². The maximum absolute atomic E-state index is 11.9. The van der Waals surface area contributed by atoms with Gasteiger partial charge in [0.25, 0.3) is 0 Å². The van der Waals surface area contributed by atoms with Gasteiger partial charge in [-0.1, -0.05) is 6.42 Å². The number of nitrogens with zero attached hydrogens (tertiary/aromatic N) is 1. The zero-order valence-electron chi connectivity index (χ0n) is 9.67. The SMILES string of the molecule is CNCC1CCN(C(=O)CC2CCC2)C1. The zero-order chi connectivity index (χ0) is 10.7. The second kappa shape index (κ2) is 4.97. The van der Waals surface area contributed by atoms with Gasteiger partial charge in [-0.25, -0.2) is 0 Å². The highest BCUT2D eigenvalue weighted by Gasteiger charge is 2.28. The fourth-order valence-corrected chi connectivity index (χ4v) is 2.59. The minimum atomic E-state index is 0.401. The van der Waals surface area contributed by atoms with Crippen molar-refractivity contribution >= 4 is 5.91 Å². The summed E-state index contributed by atoms with van der Waals surface area (Å²) in [6.07, 6.45) is 5.88. The quantitative estimate of drug-likeness (QED) is 0.757. The third kappa shape index (κ3) is 2.71. The molecule has 1 aliphatic heterocycles. The van der Waals surface area contributed by atoms with E-state index < -0.39 is 0 Å². The van der Waals surface area contributed by atoms with Gasteiger partial charge in [0.15, 0.2) is 0 Å². The van der Waals surface area contributed by atoms with Crippen LogP contribution in [0.25, 0.3) is 0 Å². The van der Waals surface area contributed by atoms with Gasteiger partial charge in [0, 0.05) is 19.5 Å². The van der Waals surface area contributed by atoms with Gasteiger partial charge in [0.1, 0.15) is 0 Å². The fourth-order valence-electron chi connectivity index (χ4n) is 2.59. The van der Waals surface area contributed by atoms with Gasteiger partial charge in [-0.15, -0.1) is 0 Å². The predicted molar refractivity (Wildman–Crippen MR) is 60.6 cm³/mol. The lowest BCUT2D eigenvalue weighted by Crippen LogP contribution is -2.32. The second-order valence-corrected chi connectivity index (χ2v) is 5.05. The van der Waals surface area contributed by atoms with Crippen molar-refractivity contribution in [3.05, 3.63) is 0 Å². The summed E-state index contributed by atoms with van der Waals surface area (Å²) >= 11 is 0. The van der Waals surface area contributed by atoms with Crippen LogP contribution in [-0.2, 0) is 4.79 Å². The van der Waals surface area contributed by atoms with Crippen molar-refractivity contribution in [2.45, 2.75) is 32.1 Å². The normalized spacial score (nSPS) is 26.7. The Balaban J connectivity index is 1.71. The molecule has 3 heteroatoms. The molecule has 1 N–H and O–H groups in total. The number of carbonyl (C=O) groups excluding carboxylic acids is 1. The molecular formula is C12H22N2O. The maximum atomic E-state index is 11.9. The smallest absolute Gasteiger partial charge is 0.222 e. The first-order chi connectivity index (χ1) is 7.29. The lowest BCUT2D eigenvalue weighted by molar-refractivity contribution is -0.131. The Hall–Kier alpha value is -0.570. The molecular weight excluding hydrogens is 188 g/mol. The first kappa shape index (κ1) is 10.9. The van der Waals surface area contributed by atoms with Crippen molar-refractivity contribution in [3.63, 3.8) is 0 Å². The molecule has 2 aliphatic rings. The number of likely N-dealkylation sites (tertiary alicyclic amines) is 1. The summed E-state index contributed by atoms with van der Waals surface area (Å²) in [7, 11) is 1.98. The Morgan fingerprint density at radius 2 is 2.13 bits per heavy atom. The van der Waals surface area contributed by atoms with E-state index in [1.807, 2.05) is 7.05 Å². The molecule has 0 aromatic rings. The molecule has 1 saturated heterocycles. The van der Waals surface area contributed by atoms with Gasteiger partial charge in [0.2, 0.25) is 5.91 Å². The van der Waals surface area contributed by atoms with Gasteiger partial charge in [-0.2, -0.15) is 0 Å². The van der Waals surface area contributed by atoms with Gasteiger partial charge < -0.3 is 10.2 Å². The van der Waals surface area contributed by atoms with Crippen LogP contribution in [0.1, 0.15) is 32.1 Å². The summed E-state index contributed by atoms with van der Waals surface area (Å²) in [5, 5.41) is 3.19. The Labute approximate surface area is 92.2 Å². The average Bonchev–Trinajstić information content (AvgIpc) is 2.60. The molecule has 15 heavy (non-hydrogen) atoms. The summed E-state index contributed by atoms with van der Waals surface area (Å²) in [4.78, 5) is 14.0. The molecule has 86 valence electrons. The van der Waals surface area contributed by atoms with Crippen molar-refractivity contribution in [3.8, 4) is 0 Å². The number of amides is 1. The van der Waals surface area contributed by atoms with E-state index in [-0.39, 0.29) is 0 Å². The van der Waals surface area contributed by atoms with Crippen LogP contribution in [0.3, 0.4) is 0 Å².